The molecule has 0 aromatic carbocycles. The van der Waals surface area contributed by atoms with Gasteiger partial charge in [0.2, 0.25) is 0 Å². The van der Waals surface area contributed by atoms with Crippen molar-refractivity contribution in [2.75, 3.05) is 13.1 Å². The molecule has 1 aromatic rings. The summed E-state index contributed by atoms with van der Waals surface area (Å²) in [5.74, 6) is -0.747. The van der Waals surface area contributed by atoms with Crippen LogP contribution >= 0.6 is 11.3 Å². The molecule has 0 spiro atoms. The highest BCUT2D eigenvalue weighted by molar-refractivity contribution is 7.10. The van der Waals surface area contributed by atoms with E-state index >= 15 is 0 Å². The van der Waals surface area contributed by atoms with Gasteiger partial charge >= 0.3 is 5.97 Å². The number of fused-ring (bicyclic) bond motifs is 1. The van der Waals surface area contributed by atoms with E-state index in [0.29, 0.717) is 0 Å². The summed E-state index contributed by atoms with van der Waals surface area (Å²) < 4.78 is 0. The number of thiophene rings is 1. The fraction of sp³-hybridized carbons (Fsp3) is 0.417. The Kier molecular flexibility index (Phi) is 3.41. The lowest BCUT2D eigenvalue weighted by atomic mass is 10.00. The van der Waals surface area contributed by atoms with E-state index in [9.17, 15) is 9.90 Å². The molecule has 0 amide bonds. The molecule has 0 radical (unpaired) electrons. The minimum Gasteiger partial charge on any atom is -0.480 e. The fourth-order valence-corrected chi connectivity index (χ4v) is 3.06. The molecular formula is C12H15NO2S. The molecule has 2 rings (SSSR count). The number of carboxylic acids is 1. The number of hydrogen-bond donors (Lipinski definition) is 1. The summed E-state index contributed by atoms with van der Waals surface area (Å²) in [6.45, 7) is 5.28. The van der Waals surface area contributed by atoms with Crippen LogP contribution in [0.25, 0.3) is 0 Å². The van der Waals surface area contributed by atoms with Crippen molar-refractivity contribution in [2.24, 2.45) is 0 Å². The smallest absolute Gasteiger partial charge is 0.325 e. The van der Waals surface area contributed by atoms with Gasteiger partial charge in [-0.25, -0.2) is 0 Å². The normalized spacial score (nSPS) is 20.4. The number of nitrogens with zero attached hydrogens (tertiary/aromatic N) is 1. The van der Waals surface area contributed by atoms with Crippen molar-refractivity contribution in [3.05, 3.63) is 34.5 Å². The zero-order valence-corrected chi connectivity index (χ0v) is 9.87. The van der Waals surface area contributed by atoms with Gasteiger partial charge in [-0.05, 0) is 29.9 Å². The Morgan fingerprint density at radius 3 is 3.25 bits per heavy atom. The predicted molar refractivity (Wildman–Crippen MR) is 64.8 cm³/mol. The first-order valence-corrected chi connectivity index (χ1v) is 6.26. The summed E-state index contributed by atoms with van der Waals surface area (Å²) in [5.41, 5.74) is 0.979. The monoisotopic (exact) mass is 237 g/mol. The highest BCUT2D eigenvalue weighted by atomic mass is 32.1. The minimum atomic E-state index is -0.747. The lowest BCUT2D eigenvalue weighted by molar-refractivity contribution is -0.144. The van der Waals surface area contributed by atoms with Crippen molar-refractivity contribution in [2.45, 2.75) is 18.9 Å². The van der Waals surface area contributed by atoms with Crippen molar-refractivity contribution in [1.82, 2.24) is 4.90 Å². The van der Waals surface area contributed by atoms with Crippen LogP contribution in [0.2, 0.25) is 0 Å². The van der Waals surface area contributed by atoms with Crippen molar-refractivity contribution in [3.8, 4) is 0 Å². The maximum Gasteiger partial charge on any atom is 0.325 e. The third-order valence-electron chi connectivity index (χ3n) is 2.92. The molecule has 2 heterocycles. The Balaban J connectivity index is 2.23. The molecule has 0 saturated carbocycles. The summed E-state index contributed by atoms with van der Waals surface area (Å²) >= 11 is 1.66. The molecular weight excluding hydrogens is 222 g/mol. The third-order valence-corrected chi connectivity index (χ3v) is 3.92. The molecule has 1 N–H and O–H groups in total. The first kappa shape index (κ1) is 11.4. The molecule has 1 aromatic heterocycles. The molecule has 86 valence electrons. The summed E-state index contributed by atoms with van der Waals surface area (Å²) in [4.78, 5) is 14.6. The van der Waals surface area contributed by atoms with Crippen LogP contribution in [-0.2, 0) is 11.2 Å². The van der Waals surface area contributed by atoms with Gasteiger partial charge in [0.1, 0.15) is 6.04 Å². The van der Waals surface area contributed by atoms with Crippen LogP contribution in [0.1, 0.15) is 22.9 Å². The van der Waals surface area contributed by atoms with Crippen molar-refractivity contribution >= 4 is 17.3 Å². The van der Waals surface area contributed by atoms with Gasteiger partial charge in [0.05, 0.1) is 0 Å². The maximum absolute atomic E-state index is 11.3. The standard InChI is InChI=1S/C12H15NO2S/c1-2-3-6-13-7-4-10-9(5-8-16-10)11(13)12(14)15/h2,5,8,11H,1,3-4,6-7H2,(H,14,15). The van der Waals surface area contributed by atoms with Gasteiger partial charge in [0.15, 0.2) is 0 Å². The molecule has 0 fully saturated rings. The van der Waals surface area contributed by atoms with E-state index < -0.39 is 12.0 Å². The van der Waals surface area contributed by atoms with E-state index in [-0.39, 0.29) is 0 Å². The van der Waals surface area contributed by atoms with Crippen LogP contribution in [0.3, 0.4) is 0 Å². The molecule has 4 heteroatoms. The van der Waals surface area contributed by atoms with Crippen LogP contribution in [0.4, 0.5) is 0 Å². The quantitative estimate of drug-likeness (QED) is 0.817. The Hall–Kier alpha value is -1.13. The molecule has 0 bridgehead atoms. The Labute approximate surface area is 99.0 Å². The zero-order valence-electron chi connectivity index (χ0n) is 9.06. The van der Waals surface area contributed by atoms with E-state index in [1.54, 1.807) is 11.3 Å². The van der Waals surface area contributed by atoms with Crippen molar-refractivity contribution < 1.29 is 9.90 Å². The Bertz CT molecular complexity index is 399. The van der Waals surface area contributed by atoms with Gasteiger partial charge in [-0.2, -0.15) is 0 Å². The lowest BCUT2D eigenvalue weighted by Crippen LogP contribution is -2.39. The third kappa shape index (κ3) is 2.03. The summed E-state index contributed by atoms with van der Waals surface area (Å²) in [7, 11) is 0. The largest absolute Gasteiger partial charge is 0.480 e. The number of carbonyl (C=O) groups is 1. The van der Waals surface area contributed by atoms with Gasteiger partial charge in [-0.1, -0.05) is 6.08 Å². The van der Waals surface area contributed by atoms with Crippen LogP contribution < -0.4 is 0 Å². The number of aliphatic carboxylic acids is 1. The molecule has 0 saturated heterocycles. The number of rotatable bonds is 4. The molecule has 1 unspecified atom stereocenters. The second-order valence-electron chi connectivity index (χ2n) is 3.90. The first-order valence-electron chi connectivity index (χ1n) is 5.38. The van der Waals surface area contributed by atoms with E-state index in [1.807, 2.05) is 22.4 Å². The second kappa shape index (κ2) is 4.80. The van der Waals surface area contributed by atoms with Gasteiger partial charge in [0.25, 0.3) is 0 Å². The highest BCUT2D eigenvalue weighted by Gasteiger charge is 2.32. The highest BCUT2D eigenvalue weighted by Crippen LogP contribution is 2.33. The summed E-state index contributed by atoms with van der Waals surface area (Å²) in [6.07, 6.45) is 3.64. The van der Waals surface area contributed by atoms with Gasteiger partial charge in [-0.15, -0.1) is 17.9 Å². The van der Waals surface area contributed by atoms with Crippen LogP contribution in [-0.4, -0.2) is 29.1 Å². The SMILES string of the molecule is C=CCCN1CCc2sccc2C1C(=O)O. The summed E-state index contributed by atoms with van der Waals surface area (Å²) in [5, 5.41) is 11.3. The topological polar surface area (TPSA) is 40.5 Å². The van der Waals surface area contributed by atoms with E-state index in [2.05, 4.69) is 6.58 Å². The molecule has 1 aliphatic heterocycles. The molecule has 3 nitrogen and oxygen atoms in total. The van der Waals surface area contributed by atoms with Crippen molar-refractivity contribution in [1.29, 1.82) is 0 Å². The maximum atomic E-state index is 11.3. The average molecular weight is 237 g/mol. The molecule has 1 aliphatic rings. The first-order chi connectivity index (χ1) is 7.74. The van der Waals surface area contributed by atoms with Crippen LogP contribution in [0.5, 0.6) is 0 Å². The van der Waals surface area contributed by atoms with E-state index in [4.69, 9.17) is 0 Å². The Morgan fingerprint density at radius 1 is 1.75 bits per heavy atom. The summed E-state index contributed by atoms with van der Waals surface area (Å²) in [6, 6.07) is 1.48. The van der Waals surface area contributed by atoms with Gasteiger partial charge in [-0.3, -0.25) is 9.69 Å². The van der Waals surface area contributed by atoms with Crippen molar-refractivity contribution in [3.63, 3.8) is 0 Å². The van der Waals surface area contributed by atoms with Gasteiger partial charge in [0, 0.05) is 18.0 Å². The van der Waals surface area contributed by atoms with E-state index in [1.165, 1.54) is 4.88 Å². The predicted octanol–water partition coefficient (Wildman–Crippen LogP) is 2.31. The number of carboxylic acid groups (broad SMARTS) is 1. The zero-order chi connectivity index (χ0) is 11.5. The lowest BCUT2D eigenvalue weighted by Gasteiger charge is -2.32. The fourth-order valence-electron chi connectivity index (χ4n) is 2.16. The van der Waals surface area contributed by atoms with Crippen LogP contribution in [0, 0.1) is 0 Å². The number of hydrogen-bond acceptors (Lipinski definition) is 3. The minimum absolute atomic E-state index is 0.463. The molecule has 1 atom stereocenters. The average Bonchev–Trinajstić information content (AvgIpc) is 2.72. The van der Waals surface area contributed by atoms with Gasteiger partial charge < -0.3 is 5.11 Å². The molecule has 0 aliphatic carbocycles. The molecule has 16 heavy (non-hydrogen) atoms. The van der Waals surface area contributed by atoms with E-state index in [0.717, 1.165) is 31.5 Å². The Morgan fingerprint density at radius 2 is 2.56 bits per heavy atom. The second-order valence-corrected chi connectivity index (χ2v) is 4.90. The van der Waals surface area contributed by atoms with Crippen LogP contribution in [0.15, 0.2) is 24.1 Å².